The van der Waals surface area contributed by atoms with Crippen LogP contribution in [0.1, 0.15) is 41.8 Å². The van der Waals surface area contributed by atoms with E-state index in [-0.39, 0.29) is 11.6 Å². The maximum absolute atomic E-state index is 13.6. The molecule has 2 aliphatic heterocycles. The molecule has 3 atom stereocenters. The van der Waals surface area contributed by atoms with Crippen LogP contribution in [0.15, 0.2) is 76.4 Å². The molecule has 0 saturated heterocycles. The fourth-order valence-electron chi connectivity index (χ4n) is 6.21. The number of aromatic nitrogens is 7. The number of fused-ring (bicyclic) bond motifs is 4. The van der Waals surface area contributed by atoms with E-state index in [0.717, 1.165) is 63.2 Å². The first-order valence-corrected chi connectivity index (χ1v) is 12.9. The van der Waals surface area contributed by atoms with Gasteiger partial charge >= 0.3 is 0 Å². The van der Waals surface area contributed by atoms with Crippen molar-refractivity contribution < 1.29 is 0 Å². The van der Waals surface area contributed by atoms with Crippen LogP contribution in [0.3, 0.4) is 0 Å². The van der Waals surface area contributed by atoms with Gasteiger partial charge in [0.2, 0.25) is 0 Å². The average Bonchev–Trinajstić information content (AvgIpc) is 3.35. The molecule has 3 aliphatic rings. The van der Waals surface area contributed by atoms with Crippen molar-refractivity contribution in [3.05, 3.63) is 99.0 Å². The monoisotopic (exact) mass is 520 g/mol. The zero-order chi connectivity index (χ0) is 25.5. The third-order valence-electron chi connectivity index (χ3n) is 8.08. The maximum atomic E-state index is 13.6. The Bertz CT molecular complexity index is 1900. The van der Waals surface area contributed by atoms with E-state index < -0.39 is 0 Å². The van der Waals surface area contributed by atoms with E-state index >= 15 is 0 Å². The predicted octanol–water partition coefficient (Wildman–Crippen LogP) is 4.76. The number of benzene rings is 2. The molecule has 0 spiro atoms. The zero-order valence-corrected chi connectivity index (χ0v) is 21.1. The number of H-pyrrole nitrogens is 1. The van der Waals surface area contributed by atoms with Gasteiger partial charge in [0.25, 0.3) is 5.56 Å². The molecular formula is C28H21ClN8O. The highest BCUT2D eigenvalue weighted by atomic mass is 35.5. The topological polar surface area (TPSA) is 107 Å². The highest BCUT2D eigenvalue weighted by Crippen LogP contribution is 2.61. The lowest BCUT2D eigenvalue weighted by Crippen LogP contribution is -2.26. The van der Waals surface area contributed by atoms with E-state index in [2.05, 4.69) is 50.0 Å². The summed E-state index contributed by atoms with van der Waals surface area (Å²) < 4.78 is 3.57. The number of nitrogens with zero attached hydrogens (tertiary/aromatic N) is 7. The van der Waals surface area contributed by atoms with Crippen molar-refractivity contribution in [1.29, 1.82) is 0 Å². The molecule has 38 heavy (non-hydrogen) atoms. The number of tetrazole rings is 1. The summed E-state index contributed by atoms with van der Waals surface area (Å²) in [7, 11) is 0. The Morgan fingerprint density at radius 3 is 2.87 bits per heavy atom. The largest absolute Gasteiger partial charge is 0.305 e. The fraction of sp³-hybridized carbons (Fsp3) is 0.214. The van der Waals surface area contributed by atoms with Gasteiger partial charge in [-0.25, -0.2) is 0 Å². The number of aromatic amines is 1. The van der Waals surface area contributed by atoms with E-state index in [1.807, 2.05) is 29.8 Å². The number of allylic oxidation sites excluding steroid dienone is 1. The normalized spacial score (nSPS) is 21.4. The lowest BCUT2D eigenvalue weighted by molar-refractivity contribution is 0.524. The molecule has 1 saturated carbocycles. The van der Waals surface area contributed by atoms with Gasteiger partial charge < -0.3 is 4.57 Å². The molecule has 10 heteroatoms. The van der Waals surface area contributed by atoms with E-state index in [1.54, 1.807) is 16.8 Å². The number of pyridine rings is 1. The molecule has 0 radical (unpaired) electrons. The molecule has 3 unspecified atom stereocenters. The van der Waals surface area contributed by atoms with Crippen LogP contribution in [0.2, 0.25) is 5.02 Å². The van der Waals surface area contributed by atoms with E-state index in [9.17, 15) is 4.79 Å². The number of hydrogen-bond donors (Lipinski definition) is 1. The first kappa shape index (κ1) is 21.7. The zero-order valence-electron chi connectivity index (χ0n) is 20.3. The molecule has 5 heterocycles. The summed E-state index contributed by atoms with van der Waals surface area (Å²) in [6, 6.07) is 15.7. The second kappa shape index (κ2) is 7.82. The molecule has 9 nitrogen and oxygen atoms in total. The van der Waals surface area contributed by atoms with Gasteiger partial charge in [-0.1, -0.05) is 23.7 Å². The molecule has 8 rings (SSSR count). The highest BCUT2D eigenvalue weighted by Gasteiger charge is 2.54. The number of rotatable bonds is 4. The Morgan fingerprint density at radius 2 is 2.00 bits per heavy atom. The van der Waals surface area contributed by atoms with Crippen molar-refractivity contribution in [2.75, 3.05) is 0 Å². The molecule has 1 fully saturated rings. The molecule has 0 bridgehead atoms. The minimum atomic E-state index is -0.0138. The van der Waals surface area contributed by atoms with Gasteiger partial charge in [-0.3, -0.25) is 14.9 Å². The van der Waals surface area contributed by atoms with Gasteiger partial charge in [0.15, 0.2) is 0 Å². The van der Waals surface area contributed by atoms with Crippen LogP contribution in [-0.2, 0) is 0 Å². The van der Waals surface area contributed by atoms with E-state index in [1.165, 1.54) is 11.9 Å². The number of aryl methyl sites for hydroxylation is 1. The van der Waals surface area contributed by atoms with Crippen LogP contribution in [0, 0.1) is 12.8 Å². The van der Waals surface area contributed by atoms with Crippen molar-refractivity contribution in [1.82, 2.24) is 35.0 Å². The first-order valence-electron chi connectivity index (χ1n) is 12.6. The minimum absolute atomic E-state index is 0.0138. The van der Waals surface area contributed by atoms with Crippen molar-refractivity contribution >= 4 is 28.2 Å². The van der Waals surface area contributed by atoms with Gasteiger partial charge in [0, 0.05) is 52.0 Å². The first-order chi connectivity index (χ1) is 18.5. The van der Waals surface area contributed by atoms with Crippen LogP contribution in [-0.4, -0.2) is 40.7 Å². The summed E-state index contributed by atoms with van der Waals surface area (Å²) in [5.41, 5.74) is 8.75. The highest BCUT2D eigenvalue weighted by molar-refractivity contribution is 6.31. The number of aliphatic imine (C=N–C) groups is 1. The summed E-state index contributed by atoms with van der Waals surface area (Å²) in [4.78, 5) is 18.4. The van der Waals surface area contributed by atoms with Crippen molar-refractivity contribution in [2.45, 2.75) is 31.7 Å². The number of halogens is 1. The van der Waals surface area contributed by atoms with Gasteiger partial charge in [0.05, 0.1) is 23.0 Å². The van der Waals surface area contributed by atoms with Crippen LogP contribution >= 0.6 is 11.6 Å². The Morgan fingerprint density at radius 1 is 1.08 bits per heavy atom. The molecule has 186 valence electrons. The number of nitrogens with one attached hydrogen (secondary N) is 1. The summed E-state index contributed by atoms with van der Waals surface area (Å²) in [5.74, 6) is 0.796. The molecule has 3 aromatic heterocycles. The van der Waals surface area contributed by atoms with Crippen molar-refractivity contribution in [2.24, 2.45) is 10.9 Å². The summed E-state index contributed by atoms with van der Waals surface area (Å²) in [6.07, 6.45) is 5.31. The quantitative estimate of drug-likeness (QED) is 0.367. The smallest absolute Gasteiger partial charge is 0.251 e. The SMILES string of the molecule is Cc1[nH]nc2cc(C3=NC=C(C4C5CC5c5cc(-c6cc(Cl)ccc6-n6cnnn6)cc(=O)n54)C3)ccc12. The van der Waals surface area contributed by atoms with Gasteiger partial charge in [-0.05, 0) is 76.7 Å². The summed E-state index contributed by atoms with van der Waals surface area (Å²) in [6.45, 7) is 2.02. The summed E-state index contributed by atoms with van der Waals surface area (Å²) in [5, 5.41) is 20.7. The van der Waals surface area contributed by atoms with Crippen LogP contribution in [0.5, 0.6) is 0 Å². The van der Waals surface area contributed by atoms with Crippen molar-refractivity contribution in [3.8, 4) is 16.8 Å². The second-order valence-corrected chi connectivity index (χ2v) is 10.7. The van der Waals surface area contributed by atoms with Gasteiger partial charge in [-0.2, -0.15) is 9.78 Å². The summed E-state index contributed by atoms with van der Waals surface area (Å²) >= 11 is 6.36. The fourth-order valence-corrected chi connectivity index (χ4v) is 6.39. The van der Waals surface area contributed by atoms with Crippen molar-refractivity contribution in [3.63, 3.8) is 0 Å². The van der Waals surface area contributed by atoms with Gasteiger partial charge in [-0.15, -0.1) is 5.10 Å². The third kappa shape index (κ3) is 3.18. The molecule has 1 aliphatic carbocycles. The van der Waals surface area contributed by atoms with Crippen LogP contribution in [0.25, 0.3) is 27.7 Å². The average molecular weight is 521 g/mol. The molecule has 5 aromatic rings. The Hall–Kier alpha value is -4.37. The van der Waals surface area contributed by atoms with E-state index in [4.69, 9.17) is 16.6 Å². The standard InChI is InChI=1S/C28H21ClN8O/c1-14-19-4-2-15(6-24(19)33-32-14)23-7-17(12-30-23)28-22-11-21(22)26-8-16(9-27(38)37(26)28)20-10-18(29)3-5-25(20)36-13-31-34-35-36/h2-6,8-10,12-13,21-22,28H,7,11H2,1H3,(H,32,33). The molecular weight excluding hydrogens is 500 g/mol. The Kier molecular flexibility index (Phi) is 4.46. The Balaban J connectivity index is 1.14. The molecule has 2 aromatic carbocycles. The predicted molar refractivity (Wildman–Crippen MR) is 144 cm³/mol. The van der Waals surface area contributed by atoms with Gasteiger partial charge in [0.1, 0.15) is 6.33 Å². The lowest BCUT2D eigenvalue weighted by Gasteiger charge is -2.20. The van der Waals surface area contributed by atoms with Crippen LogP contribution < -0.4 is 5.56 Å². The molecule has 1 N–H and O–H groups in total. The minimum Gasteiger partial charge on any atom is -0.305 e. The Labute approximate surface area is 221 Å². The van der Waals surface area contributed by atoms with Crippen LogP contribution in [0.4, 0.5) is 0 Å². The lowest BCUT2D eigenvalue weighted by atomic mass is 9.96. The third-order valence-corrected chi connectivity index (χ3v) is 8.32. The maximum Gasteiger partial charge on any atom is 0.251 e. The van der Waals surface area contributed by atoms with E-state index in [0.29, 0.717) is 16.9 Å². The molecule has 0 amide bonds. The second-order valence-electron chi connectivity index (χ2n) is 10.3. The number of hydrogen-bond acceptors (Lipinski definition) is 6.